The van der Waals surface area contributed by atoms with E-state index in [9.17, 15) is 5.11 Å². The van der Waals surface area contributed by atoms with Crippen molar-refractivity contribution in [2.24, 2.45) is 0 Å². The maximum absolute atomic E-state index is 9.26. The van der Waals surface area contributed by atoms with E-state index < -0.39 is 0 Å². The molecule has 0 saturated carbocycles. The van der Waals surface area contributed by atoms with Crippen molar-refractivity contribution >= 4 is 45.2 Å². The van der Waals surface area contributed by atoms with E-state index in [-0.39, 0.29) is 12.7 Å². The first-order chi connectivity index (χ1) is 14.1. The predicted octanol–water partition coefficient (Wildman–Crippen LogP) is 4.65. The van der Waals surface area contributed by atoms with Crippen molar-refractivity contribution in [3.05, 3.63) is 46.0 Å². The van der Waals surface area contributed by atoms with Gasteiger partial charge in [0.2, 0.25) is 5.69 Å². The number of hydrogen-bond acceptors (Lipinski definition) is 6. The first kappa shape index (κ1) is 20.1. The monoisotopic (exact) mass is 449 g/mol. The molecule has 0 amide bonds. The average Bonchev–Trinajstić information content (AvgIpc) is 3.36. The molecule has 150 valence electrons. The van der Waals surface area contributed by atoms with Crippen molar-refractivity contribution in [1.82, 2.24) is 15.2 Å². The Bertz CT molecular complexity index is 1050. The van der Waals surface area contributed by atoms with Gasteiger partial charge in [0.25, 0.3) is 0 Å². The van der Waals surface area contributed by atoms with Crippen LogP contribution in [-0.2, 0) is 4.74 Å². The summed E-state index contributed by atoms with van der Waals surface area (Å²) in [5, 5.41) is 17.9. The van der Waals surface area contributed by atoms with Crippen LogP contribution in [0, 0.1) is 6.57 Å². The van der Waals surface area contributed by atoms with E-state index in [1.54, 1.807) is 12.1 Å². The topological polar surface area (TPSA) is 78.6 Å². The van der Waals surface area contributed by atoms with E-state index in [4.69, 9.17) is 34.5 Å². The van der Waals surface area contributed by atoms with Gasteiger partial charge in [0, 0.05) is 35.3 Å². The van der Waals surface area contributed by atoms with Crippen molar-refractivity contribution in [1.29, 1.82) is 0 Å². The average molecular weight is 450 g/mol. The number of aromatic nitrogens is 3. The number of rotatable bonds is 5. The number of morpholine rings is 1. The molecule has 0 spiro atoms. The maximum atomic E-state index is 9.26. The van der Waals surface area contributed by atoms with E-state index in [0.29, 0.717) is 53.2 Å². The number of nitrogens with zero attached hydrogens (tertiary/aromatic N) is 4. The molecule has 2 aromatic heterocycles. The number of benzene rings is 1. The standard InChI is InChI=1S/C19H17Cl2N5O2S/c1-22-16-15(13-3-2-11(20)8-14(13)21)17(18-23-10-24-25-18)29-19(16)26-5-7-28-12(9-26)4-6-27/h2-3,8,10,12,27H,4-7,9H2,(H,23,24,25). The van der Waals surface area contributed by atoms with Crippen LogP contribution in [0.3, 0.4) is 0 Å². The Morgan fingerprint density at radius 3 is 2.97 bits per heavy atom. The number of thiophene rings is 1. The second-order valence-electron chi connectivity index (χ2n) is 6.48. The highest BCUT2D eigenvalue weighted by atomic mass is 35.5. The summed E-state index contributed by atoms with van der Waals surface area (Å²) < 4.78 is 5.73. The molecule has 0 aliphatic carbocycles. The Kier molecular flexibility index (Phi) is 6.04. The van der Waals surface area contributed by atoms with Crippen LogP contribution in [0.25, 0.3) is 26.7 Å². The third-order valence-corrected chi connectivity index (χ3v) is 6.48. The van der Waals surface area contributed by atoms with Crippen molar-refractivity contribution in [2.45, 2.75) is 12.5 Å². The van der Waals surface area contributed by atoms with E-state index in [1.807, 2.05) is 6.07 Å². The summed E-state index contributed by atoms with van der Waals surface area (Å²) in [5.74, 6) is 0.576. The van der Waals surface area contributed by atoms with Crippen LogP contribution in [0.4, 0.5) is 10.7 Å². The van der Waals surface area contributed by atoms with Crippen LogP contribution >= 0.6 is 34.5 Å². The predicted molar refractivity (Wildman–Crippen MR) is 115 cm³/mol. The van der Waals surface area contributed by atoms with Gasteiger partial charge in [0.05, 0.1) is 29.2 Å². The molecule has 3 heterocycles. The van der Waals surface area contributed by atoms with Gasteiger partial charge in [0.1, 0.15) is 6.33 Å². The zero-order valence-corrected chi connectivity index (χ0v) is 17.6. The van der Waals surface area contributed by atoms with Crippen LogP contribution < -0.4 is 4.90 Å². The SMILES string of the molecule is [C-]#[N+]c1c(N2CCOC(CCO)C2)sc(-c2ncn[nH]2)c1-c1ccc(Cl)cc1Cl. The van der Waals surface area contributed by atoms with Gasteiger partial charge in [0.15, 0.2) is 5.82 Å². The molecule has 7 nitrogen and oxygen atoms in total. The second-order valence-corrected chi connectivity index (χ2v) is 8.32. The minimum atomic E-state index is -0.0780. The number of anilines is 1. The number of halogens is 2. The Morgan fingerprint density at radius 2 is 2.28 bits per heavy atom. The Balaban J connectivity index is 1.87. The molecule has 2 N–H and O–H groups in total. The molecule has 0 bridgehead atoms. The number of nitrogens with one attached hydrogen (secondary N) is 1. The lowest BCUT2D eigenvalue weighted by atomic mass is 10.0. The quantitative estimate of drug-likeness (QED) is 0.554. The van der Waals surface area contributed by atoms with Crippen molar-refractivity contribution in [2.75, 3.05) is 31.2 Å². The number of aromatic amines is 1. The molecular weight excluding hydrogens is 433 g/mol. The zero-order valence-electron chi connectivity index (χ0n) is 15.2. The Hall–Kier alpha value is -2.15. The summed E-state index contributed by atoms with van der Waals surface area (Å²) in [6, 6.07) is 5.24. The minimum Gasteiger partial charge on any atom is -0.396 e. The fraction of sp³-hybridized carbons (Fsp3) is 0.316. The summed E-state index contributed by atoms with van der Waals surface area (Å²) >= 11 is 14.0. The van der Waals surface area contributed by atoms with Crippen LogP contribution in [0.1, 0.15) is 6.42 Å². The van der Waals surface area contributed by atoms with Gasteiger partial charge < -0.3 is 14.7 Å². The van der Waals surface area contributed by atoms with Crippen molar-refractivity contribution < 1.29 is 9.84 Å². The molecule has 1 aliphatic rings. The van der Waals surface area contributed by atoms with Gasteiger partial charge in [-0.15, -0.1) is 11.3 Å². The van der Waals surface area contributed by atoms with Crippen molar-refractivity contribution in [3.63, 3.8) is 0 Å². The number of H-pyrrole nitrogens is 1. The van der Waals surface area contributed by atoms with Gasteiger partial charge in [-0.05, 0) is 24.1 Å². The fourth-order valence-corrected chi connectivity index (χ4v) is 5.11. The van der Waals surface area contributed by atoms with Crippen LogP contribution in [0.15, 0.2) is 24.5 Å². The summed E-state index contributed by atoms with van der Waals surface area (Å²) in [6.45, 7) is 9.76. The number of hydrogen-bond donors (Lipinski definition) is 2. The molecule has 29 heavy (non-hydrogen) atoms. The second kappa shape index (κ2) is 8.69. The number of aliphatic hydroxyl groups excluding tert-OH is 1. The van der Waals surface area contributed by atoms with Gasteiger partial charge in [-0.25, -0.2) is 9.83 Å². The smallest absolute Gasteiger partial charge is 0.229 e. The highest BCUT2D eigenvalue weighted by Crippen LogP contribution is 2.53. The van der Waals surface area contributed by atoms with Gasteiger partial charge in [-0.1, -0.05) is 29.3 Å². The summed E-state index contributed by atoms with van der Waals surface area (Å²) in [6.07, 6.45) is 1.91. The Labute approximate surface area is 181 Å². The van der Waals surface area contributed by atoms with E-state index in [1.165, 1.54) is 17.7 Å². The van der Waals surface area contributed by atoms with E-state index in [2.05, 4.69) is 24.9 Å². The molecule has 1 fully saturated rings. The summed E-state index contributed by atoms with van der Waals surface area (Å²) in [5.41, 5.74) is 1.94. The molecule has 1 saturated heterocycles. The van der Waals surface area contributed by atoms with Gasteiger partial charge in [-0.3, -0.25) is 5.10 Å². The highest BCUT2D eigenvalue weighted by molar-refractivity contribution is 7.20. The normalized spacial score (nSPS) is 16.8. The third-order valence-electron chi connectivity index (χ3n) is 4.68. The number of aliphatic hydroxyl groups is 1. The Morgan fingerprint density at radius 1 is 1.41 bits per heavy atom. The molecule has 4 rings (SSSR count). The molecule has 0 radical (unpaired) electrons. The van der Waals surface area contributed by atoms with Gasteiger partial charge >= 0.3 is 0 Å². The molecule has 1 atom stereocenters. The van der Waals surface area contributed by atoms with Crippen LogP contribution in [0.2, 0.25) is 10.0 Å². The van der Waals surface area contributed by atoms with Crippen LogP contribution in [-0.4, -0.2) is 52.7 Å². The molecule has 3 aromatic rings. The van der Waals surface area contributed by atoms with E-state index in [0.717, 1.165) is 15.4 Å². The summed E-state index contributed by atoms with van der Waals surface area (Å²) in [4.78, 5) is 11.1. The van der Waals surface area contributed by atoms with Crippen LogP contribution in [0.5, 0.6) is 0 Å². The first-order valence-corrected chi connectivity index (χ1v) is 10.5. The lowest BCUT2D eigenvalue weighted by molar-refractivity contribution is 0.0249. The molecule has 1 aliphatic heterocycles. The first-order valence-electron chi connectivity index (χ1n) is 8.95. The number of ether oxygens (including phenoxy) is 1. The maximum Gasteiger partial charge on any atom is 0.229 e. The lowest BCUT2D eigenvalue weighted by Crippen LogP contribution is -2.42. The molecule has 1 aromatic carbocycles. The minimum absolute atomic E-state index is 0.0631. The molecular formula is C19H17Cl2N5O2S. The van der Waals surface area contributed by atoms with Crippen molar-refractivity contribution in [3.8, 4) is 21.8 Å². The molecule has 1 unspecified atom stereocenters. The third kappa shape index (κ3) is 3.97. The zero-order chi connectivity index (χ0) is 20.4. The lowest BCUT2D eigenvalue weighted by Gasteiger charge is -2.33. The largest absolute Gasteiger partial charge is 0.396 e. The fourth-order valence-electron chi connectivity index (χ4n) is 3.37. The van der Waals surface area contributed by atoms with Gasteiger partial charge in [-0.2, -0.15) is 5.10 Å². The molecule has 10 heteroatoms. The van der Waals surface area contributed by atoms with E-state index >= 15 is 0 Å². The highest BCUT2D eigenvalue weighted by Gasteiger charge is 2.29. The summed E-state index contributed by atoms with van der Waals surface area (Å²) in [7, 11) is 0.